The van der Waals surface area contributed by atoms with E-state index in [9.17, 15) is 4.79 Å². The molecule has 0 spiro atoms. The number of rotatable bonds is 4. The molecule has 0 saturated heterocycles. The number of amides is 1. The average Bonchev–Trinajstić information content (AvgIpc) is 2.53. The van der Waals surface area contributed by atoms with Crippen molar-refractivity contribution in [2.45, 2.75) is 19.9 Å². The molecular weight excluding hydrogens is 250 g/mol. The summed E-state index contributed by atoms with van der Waals surface area (Å²) in [5, 5.41) is 11.7. The standard InChI is InChI=1S/C16H15N3O/c1-2-12-3-5-13(6-4-12)10-19-16(20)15-11-18-8-7-14(15)9-17/h3-8,11H,2,10H2,1H3,(H,19,20). The molecule has 0 bridgehead atoms. The largest absolute Gasteiger partial charge is 0.348 e. The highest BCUT2D eigenvalue weighted by molar-refractivity contribution is 5.96. The second-order valence-electron chi connectivity index (χ2n) is 4.39. The van der Waals surface area contributed by atoms with Crippen molar-refractivity contribution in [2.75, 3.05) is 0 Å². The van der Waals surface area contributed by atoms with Gasteiger partial charge in [0.15, 0.2) is 0 Å². The number of hydrogen-bond acceptors (Lipinski definition) is 3. The van der Waals surface area contributed by atoms with Crippen LogP contribution in [0.1, 0.15) is 34.0 Å². The Hall–Kier alpha value is -2.67. The van der Waals surface area contributed by atoms with Gasteiger partial charge in [-0.25, -0.2) is 0 Å². The van der Waals surface area contributed by atoms with Crippen LogP contribution in [0.5, 0.6) is 0 Å². The summed E-state index contributed by atoms with van der Waals surface area (Å²) in [6.07, 6.45) is 3.90. The third kappa shape index (κ3) is 3.21. The van der Waals surface area contributed by atoms with Gasteiger partial charge in [0.05, 0.1) is 11.1 Å². The number of nitrogens with one attached hydrogen (secondary N) is 1. The van der Waals surface area contributed by atoms with Crippen molar-refractivity contribution < 1.29 is 4.79 Å². The molecule has 0 aliphatic carbocycles. The topological polar surface area (TPSA) is 65.8 Å². The minimum Gasteiger partial charge on any atom is -0.348 e. The van der Waals surface area contributed by atoms with Crippen LogP contribution in [-0.4, -0.2) is 10.9 Å². The quantitative estimate of drug-likeness (QED) is 0.923. The van der Waals surface area contributed by atoms with Crippen molar-refractivity contribution >= 4 is 5.91 Å². The zero-order chi connectivity index (χ0) is 14.4. The fourth-order valence-electron chi connectivity index (χ4n) is 1.84. The van der Waals surface area contributed by atoms with Gasteiger partial charge in [-0.15, -0.1) is 0 Å². The monoisotopic (exact) mass is 265 g/mol. The van der Waals surface area contributed by atoms with Gasteiger partial charge < -0.3 is 5.32 Å². The lowest BCUT2D eigenvalue weighted by Crippen LogP contribution is -2.23. The number of nitriles is 1. The number of carbonyl (C=O) groups excluding carboxylic acids is 1. The predicted octanol–water partition coefficient (Wildman–Crippen LogP) is 2.45. The smallest absolute Gasteiger partial charge is 0.254 e. The first kappa shape index (κ1) is 13.8. The van der Waals surface area contributed by atoms with Crippen molar-refractivity contribution in [3.8, 4) is 6.07 Å². The van der Waals surface area contributed by atoms with Gasteiger partial charge in [-0.3, -0.25) is 9.78 Å². The van der Waals surface area contributed by atoms with E-state index in [0.29, 0.717) is 17.7 Å². The summed E-state index contributed by atoms with van der Waals surface area (Å²) >= 11 is 0. The molecule has 1 heterocycles. The summed E-state index contributed by atoms with van der Waals surface area (Å²) in [5.41, 5.74) is 2.93. The minimum absolute atomic E-state index is 0.283. The van der Waals surface area contributed by atoms with E-state index in [0.717, 1.165) is 12.0 Å². The van der Waals surface area contributed by atoms with Crippen LogP contribution in [0.2, 0.25) is 0 Å². The van der Waals surface area contributed by atoms with E-state index in [2.05, 4.69) is 17.2 Å². The zero-order valence-electron chi connectivity index (χ0n) is 11.3. The Kier molecular flexibility index (Phi) is 4.46. The molecule has 2 aromatic rings. The normalized spacial score (nSPS) is 9.80. The Labute approximate surface area is 118 Å². The number of benzene rings is 1. The van der Waals surface area contributed by atoms with E-state index in [-0.39, 0.29) is 5.91 Å². The van der Waals surface area contributed by atoms with E-state index in [1.54, 1.807) is 0 Å². The van der Waals surface area contributed by atoms with Crippen LogP contribution < -0.4 is 5.32 Å². The summed E-state index contributed by atoms with van der Waals surface area (Å²) < 4.78 is 0. The lowest BCUT2D eigenvalue weighted by molar-refractivity contribution is 0.0950. The number of nitrogens with zero attached hydrogens (tertiary/aromatic N) is 2. The van der Waals surface area contributed by atoms with E-state index in [1.807, 2.05) is 30.3 Å². The van der Waals surface area contributed by atoms with Gasteiger partial charge in [0.1, 0.15) is 6.07 Å². The first-order chi connectivity index (χ1) is 9.74. The van der Waals surface area contributed by atoms with Crippen LogP contribution in [0.15, 0.2) is 42.7 Å². The second kappa shape index (κ2) is 6.48. The van der Waals surface area contributed by atoms with Crippen LogP contribution in [0, 0.1) is 11.3 Å². The highest BCUT2D eigenvalue weighted by Crippen LogP contribution is 2.07. The van der Waals surface area contributed by atoms with Gasteiger partial charge in [-0.1, -0.05) is 31.2 Å². The summed E-state index contributed by atoms with van der Waals surface area (Å²) in [4.78, 5) is 15.9. The van der Waals surface area contributed by atoms with Gasteiger partial charge in [-0.2, -0.15) is 5.26 Å². The van der Waals surface area contributed by atoms with Gasteiger partial charge in [0.25, 0.3) is 5.91 Å². The van der Waals surface area contributed by atoms with E-state index < -0.39 is 0 Å². The van der Waals surface area contributed by atoms with Crippen molar-refractivity contribution in [3.05, 3.63) is 65.0 Å². The molecule has 0 aliphatic heterocycles. The fourth-order valence-corrected chi connectivity index (χ4v) is 1.84. The Morgan fingerprint density at radius 3 is 2.60 bits per heavy atom. The molecule has 1 aromatic heterocycles. The van der Waals surface area contributed by atoms with Gasteiger partial charge in [0, 0.05) is 18.9 Å². The molecular formula is C16H15N3O. The SMILES string of the molecule is CCc1ccc(CNC(=O)c2cnccc2C#N)cc1. The molecule has 1 N–H and O–H groups in total. The van der Waals surface area contributed by atoms with Crippen molar-refractivity contribution in [2.24, 2.45) is 0 Å². The van der Waals surface area contributed by atoms with E-state index in [4.69, 9.17) is 5.26 Å². The van der Waals surface area contributed by atoms with Crippen molar-refractivity contribution in [1.29, 1.82) is 5.26 Å². The van der Waals surface area contributed by atoms with Crippen LogP contribution in [-0.2, 0) is 13.0 Å². The molecule has 4 heteroatoms. The van der Waals surface area contributed by atoms with Crippen LogP contribution in [0.3, 0.4) is 0 Å². The van der Waals surface area contributed by atoms with Crippen LogP contribution >= 0.6 is 0 Å². The van der Waals surface area contributed by atoms with Gasteiger partial charge in [0.2, 0.25) is 0 Å². The Balaban J connectivity index is 2.03. The third-order valence-electron chi connectivity index (χ3n) is 3.07. The second-order valence-corrected chi connectivity index (χ2v) is 4.39. The van der Waals surface area contributed by atoms with Gasteiger partial charge in [-0.05, 0) is 23.6 Å². The zero-order valence-corrected chi connectivity index (χ0v) is 11.3. The van der Waals surface area contributed by atoms with E-state index in [1.165, 1.54) is 24.0 Å². The van der Waals surface area contributed by atoms with E-state index >= 15 is 0 Å². The molecule has 100 valence electrons. The van der Waals surface area contributed by atoms with Crippen LogP contribution in [0.25, 0.3) is 0 Å². The molecule has 0 saturated carbocycles. The maximum atomic E-state index is 12.0. The molecule has 0 unspecified atom stereocenters. The third-order valence-corrected chi connectivity index (χ3v) is 3.07. The number of carbonyl (C=O) groups is 1. The molecule has 1 aromatic carbocycles. The summed E-state index contributed by atoms with van der Waals surface area (Å²) in [7, 11) is 0. The molecule has 2 rings (SSSR count). The first-order valence-electron chi connectivity index (χ1n) is 6.44. The molecule has 1 amide bonds. The molecule has 20 heavy (non-hydrogen) atoms. The molecule has 0 aliphatic rings. The van der Waals surface area contributed by atoms with Crippen LogP contribution in [0.4, 0.5) is 0 Å². The molecule has 0 fully saturated rings. The predicted molar refractivity (Wildman–Crippen MR) is 75.9 cm³/mol. The first-order valence-corrected chi connectivity index (χ1v) is 6.44. The summed E-state index contributed by atoms with van der Waals surface area (Å²) in [6, 6.07) is 11.6. The Morgan fingerprint density at radius 2 is 1.95 bits per heavy atom. The molecule has 0 atom stereocenters. The highest BCUT2D eigenvalue weighted by Gasteiger charge is 2.10. The highest BCUT2D eigenvalue weighted by atomic mass is 16.1. The van der Waals surface area contributed by atoms with Gasteiger partial charge >= 0.3 is 0 Å². The number of pyridine rings is 1. The van der Waals surface area contributed by atoms with Crippen molar-refractivity contribution in [1.82, 2.24) is 10.3 Å². The maximum Gasteiger partial charge on any atom is 0.254 e. The summed E-state index contributed by atoms with van der Waals surface area (Å²) in [6.45, 7) is 2.53. The Morgan fingerprint density at radius 1 is 1.25 bits per heavy atom. The molecule has 4 nitrogen and oxygen atoms in total. The number of aryl methyl sites for hydroxylation is 1. The Bertz CT molecular complexity index is 642. The summed E-state index contributed by atoms with van der Waals surface area (Å²) in [5.74, 6) is -0.283. The maximum absolute atomic E-state index is 12.0. The number of hydrogen-bond donors (Lipinski definition) is 1. The van der Waals surface area contributed by atoms with Crippen molar-refractivity contribution in [3.63, 3.8) is 0 Å². The number of aromatic nitrogens is 1. The lowest BCUT2D eigenvalue weighted by atomic mass is 10.1. The minimum atomic E-state index is -0.283. The molecule has 0 radical (unpaired) electrons. The fraction of sp³-hybridized carbons (Fsp3) is 0.188. The average molecular weight is 265 g/mol. The lowest BCUT2D eigenvalue weighted by Gasteiger charge is -2.07.